The Morgan fingerprint density at radius 1 is 0.909 bits per heavy atom. The molecule has 1 aliphatic carbocycles. The molecule has 2 amide bonds. The predicted molar refractivity (Wildman–Crippen MR) is 159 cm³/mol. The molecule has 0 bridgehead atoms. The molecule has 3 aromatic carbocycles. The largest absolute Gasteiger partial charge is 0.508 e. The van der Waals surface area contributed by atoms with Crippen LogP contribution < -0.4 is 21.0 Å². The van der Waals surface area contributed by atoms with E-state index >= 15 is 0 Å². The molecule has 0 radical (unpaired) electrons. The van der Waals surface area contributed by atoms with Gasteiger partial charge in [0.1, 0.15) is 17.3 Å². The number of fused-ring (bicyclic) bond motifs is 4. The number of para-hydroxylation sites is 1. The normalized spacial score (nSPS) is 25.7. The highest BCUT2D eigenvalue weighted by Crippen LogP contribution is 2.64. The van der Waals surface area contributed by atoms with E-state index in [2.05, 4.69) is 0 Å². The fourth-order valence-corrected chi connectivity index (χ4v) is 7.61. The van der Waals surface area contributed by atoms with Crippen molar-refractivity contribution in [1.29, 1.82) is 0 Å². The number of phenolic OH excluding ortho intramolecular Hbond substituents is 1. The van der Waals surface area contributed by atoms with E-state index in [1.54, 1.807) is 42.5 Å². The maximum atomic E-state index is 14.3. The van der Waals surface area contributed by atoms with Crippen molar-refractivity contribution < 1.29 is 23.8 Å². The summed E-state index contributed by atoms with van der Waals surface area (Å²) in [7, 11) is 1.42. The summed E-state index contributed by atoms with van der Waals surface area (Å²) >= 11 is 14.6. The van der Waals surface area contributed by atoms with Gasteiger partial charge in [0.15, 0.2) is 9.75 Å². The molecule has 2 fully saturated rings. The molecule has 3 aliphatic rings. The molecule has 0 spiro atoms. The average molecular weight is 637 g/mol. The number of aromatic hydroxyl groups is 1. The number of amides is 2. The Morgan fingerprint density at radius 2 is 1.61 bits per heavy atom. The Labute approximate surface area is 258 Å². The SMILES string of the molecule is COc1ccc(C2C3=CCn4c(=O)n(-c5ccccc5)c(=O)n4C3CC3(Cl)C(=O)N(c4ccc(F)cc4)C(=O)C23Cl)c(O)c1. The third-order valence-electron chi connectivity index (χ3n) is 8.73. The van der Waals surface area contributed by atoms with E-state index in [1.807, 2.05) is 0 Å². The smallest absolute Gasteiger partial charge is 0.352 e. The lowest BCUT2D eigenvalue weighted by Crippen LogP contribution is -2.59. The number of aromatic nitrogens is 3. The number of hydrogen-bond donors (Lipinski definition) is 1. The van der Waals surface area contributed by atoms with Gasteiger partial charge in [-0.1, -0.05) is 30.3 Å². The number of nitrogens with zero attached hydrogens (tertiary/aromatic N) is 4. The molecule has 4 atom stereocenters. The van der Waals surface area contributed by atoms with E-state index in [0.29, 0.717) is 17.0 Å². The highest BCUT2D eigenvalue weighted by atomic mass is 35.5. The first-order chi connectivity index (χ1) is 21.0. The zero-order valence-corrected chi connectivity index (χ0v) is 24.5. The minimum atomic E-state index is -2.19. The van der Waals surface area contributed by atoms with Gasteiger partial charge in [-0.3, -0.25) is 9.59 Å². The molecule has 4 unspecified atom stereocenters. The number of imide groups is 1. The number of ether oxygens (including phenoxy) is 1. The van der Waals surface area contributed by atoms with Gasteiger partial charge in [0, 0.05) is 24.0 Å². The number of hydrogen-bond acceptors (Lipinski definition) is 6. The highest BCUT2D eigenvalue weighted by molar-refractivity contribution is 6.58. The van der Waals surface area contributed by atoms with Gasteiger partial charge in [0.25, 0.3) is 11.8 Å². The number of rotatable bonds is 4. The van der Waals surface area contributed by atoms with Crippen LogP contribution in [0.25, 0.3) is 5.69 Å². The third-order valence-corrected chi connectivity index (χ3v) is 10.1. The van der Waals surface area contributed by atoms with Gasteiger partial charge in [0.2, 0.25) is 0 Å². The Morgan fingerprint density at radius 3 is 2.27 bits per heavy atom. The van der Waals surface area contributed by atoms with E-state index in [0.717, 1.165) is 21.6 Å². The number of benzene rings is 3. The van der Waals surface area contributed by atoms with Gasteiger partial charge in [-0.05, 0) is 48.0 Å². The molecule has 1 saturated carbocycles. The van der Waals surface area contributed by atoms with Gasteiger partial charge < -0.3 is 9.84 Å². The monoisotopic (exact) mass is 636 g/mol. The Balaban J connectivity index is 1.48. The van der Waals surface area contributed by atoms with Gasteiger partial charge in [-0.2, -0.15) is 0 Å². The predicted octanol–water partition coefficient (Wildman–Crippen LogP) is 3.85. The number of allylic oxidation sites excluding steroid dienone is 2. The second-order valence-electron chi connectivity index (χ2n) is 10.9. The Hall–Kier alpha value is -4.61. The van der Waals surface area contributed by atoms with Crippen LogP contribution in [0.5, 0.6) is 11.5 Å². The summed E-state index contributed by atoms with van der Waals surface area (Å²) in [6.45, 7) is -0.0563. The second kappa shape index (κ2) is 9.70. The molecule has 1 N–H and O–H groups in total. The number of carbonyl (C=O) groups excluding carboxylic acids is 2. The van der Waals surface area contributed by atoms with E-state index in [-0.39, 0.29) is 30.0 Å². The van der Waals surface area contributed by atoms with E-state index in [1.165, 1.54) is 40.7 Å². The molecule has 3 heterocycles. The molecule has 1 aromatic heterocycles. The van der Waals surface area contributed by atoms with Gasteiger partial charge in [0.05, 0.1) is 31.1 Å². The Kier molecular flexibility index (Phi) is 6.21. The fraction of sp³-hybridized carbons (Fsp3) is 0.226. The van der Waals surface area contributed by atoms with Crippen molar-refractivity contribution in [2.24, 2.45) is 0 Å². The summed E-state index contributed by atoms with van der Waals surface area (Å²) < 4.78 is 22.5. The summed E-state index contributed by atoms with van der Waals surface area (Å²) in [4.78, 5) is 52.5. The maximum Gasteiger partial charge on any atom is 0.352 e. The van der Waals surface area contributed by atoms with Crippen molar-refractivity contribution in [3.8, 4) is 17.2 Å². The molecular weight excluding hydrogens is 614 g/mol. The molecule has 1 saturated heterocycles. The molecule has 2 aliphatic heterocycles. The number of anilines is 1. The Bertz CT molecular complexity index is 2020. The minimum Gasteiger partial charge on any atom is -0.508 e. The van der Waals surface area contributed by atoms with Gasteiger partial charge in [-0.15, -0.1) is 23.2 Å². The van der Waals surface area contributed by atoms with Crippen LogP contribution in [-0.4, -0.2) is 47.7 Å². The van der Waals surface area contributed by atoms with Gasteiger partial charge >= 0.3 is 11.4 Å². The minimum absolute atomic E-state index is 0.0508. The summed E-state index contributed by atoms with van der Waals surface area (Å²) in [5.74, 6) is -3.52. The van der Waals surface area contributed by atoms with Crippen molar-refractivity contribution in [1.82, 2.24) is 13.9 Å². The number of carbonyl (C=O) groups is 2. The molecule has 44 heavy (non-hydrogen) atoms. The van der Waals surface area contributed by atoms with Crippen LogP contribution in [0.3, 0.4) is 0 Å². The molecule has 224 valence electrons. The zero-order valence-electron chi connectivity index (χ0n) is 23.0. The van der Waals surface area contributed by atoms with E-state index in [4.69, 9.17) is 27.9 Å². The van der Waals surface area contributed by atoms with Crippen molar-refractivity contribution in [2.75, 3.05) is 12.0 Å². The first-order valence-corrected chi connectivity index (χ1v) is 14.4. The van der Waals surface area contributed by atoms with E-state index in [9.17, 15) is 28.7 Å². The zero-order chi connectivity index (χ0) is 31.1. The van der Waals surface area contributed by atoms with Crippen LogP contribution in [0.1, 0.15) is 23.9 Å². The number of halogens is 3. The van der Waals surface area contributed by atoms with Crippen molar-refractivity contribution in [2.45, 2.75) is 34.7 Å². The van der Waals surface area contributed by atoms with Crippen molar-refractivity contribution in [3.05, 3.63) is 117 Å². The summed E-state index contributed by atoms with van der Waals surface area (Å²) in [5.41, 5.74) is -0.297. The summed E-state index contributed by atoms with van der Waals surface area (Å²) in [5, 5.41) is 11.2. The standard InChI is InChI=1S/C31H23Cl2FN4O6/c1-44-20-11-12-22(24(39)15-20)25-21-13-14-35-28(42)37(18-5-3-2-4-6-18)29(43)38(35)23(21)16-30(32)26(40)36(27(41)31(25,30)33)19-9-7-17(34)8-10-19/h2-13,15,23,25,39H,14,16H2,1H3. The van der Waals surface area contributed by atoms with Crippen LogP contribution in [0, 0.1) is 5.82 Å². The molecule has 10 nitrogen and oxygen atoms in total. The average Bonchev–Trinajstić information content (AvgIpc) is 3.36. The van der Waals surface area contributed by atoms with Gasteiger partial charge in [-0.25, -0.2) is 32.8 Å². The topological polar surface area (TPSA) is 116 Å². The molecular formula is C31H23Cl2FN4O6. The second-order valence-corrected chi connectivity index (χ2v) is 12.1. The van der Waals surface area contributed by atoms with Crippen LogP contribution in [-0.2, 0) is 16.1 Å². The van der Waals surface area contributed by atoms with Crippen molar-refractivity contribution in [3.63, 3.8) is 0 Å². The van der Waals surface area contributed by atoms with Crippen LogP contribution in [0.4, 0.5) is 10.1 Å². The summed E-state index contributed by atoms with van der Waals surface area (Å²) in [6, 6.07) is 16.5. The number of phenols is 1. The highest BCUT2D eigenvalue weighted by Gasteiger charge is 2.76. The molecule has 7 rings (SSSR count). The molecule has 4 aromatic rings. The van der Waals surface area contributed by atoms with Crippen LogP contribution >= 0.6 is 23.2 Å². The fourth-order valence-electron chi connectivity index (χ4n) is 6.70. The third kappa shape index (κ3) is 3.59. The van der Waals surface area contributed by atoms with Crippen LogP contribution in [0.2, 0.25) is 0 Å². The number of alkyl halides is 2. The quantitative estimate of drug-likeness (QED) is 0.207. The van der Waals surface area contributed by atoms with Crippen LogP contribution in [0.15, 0.2) is 94.0 Å². The number of methoxy groups -OCH3 is 1. The lowest BCUT2D eigenvalue weighted by atomic mass is 9.64. The van der Waals surface area contributed by atoms with E-state index < -0.39 is 50.7 Å². The molecule has 13 heteroatoms. The lowest BCUT2D eigenvalue weighted by Gasteiger charge is -2.49. The maximum absolute atomic E-state index is 14.3. The summed E-state index contributed by atoms with van der Waals surface area (Å²) in [6.07, 6.45) is 1.34. The lowest BCUT2D eigenvalue weighted by molar-refractivity contribution is -0.122. The first-order valence-electron chi connectivity index (χ1n) is 13.6. The first kappa shape index (κ1) is 28.2. The van der Waals surface area contributed by atoms with Crippen molar-refractivity contribution >= 4 is 40.7 Å².